The number of imidazole rings is 1. The molecular weight excluding hydrogens is 562 g/mol. The van der Waals surface area contributed by atoms with Gasteiger partial charge in [-0.1, -0.05) is 18.8 Å². The molecule has 3 atom stereocenters. The first kappa shape index (κ1) is 30.8. The Balaban J connectivity index is 1.68. The molecule has 0 unspecified atom stereocenters. The average molecular weight is 598 g/mol. The summed E-state index contributed by atoms with van der Waals surface area (Å²) >= 11 is 0. The maximum absolute atomic E-state index is 13.7. The summed E-state index contributed by atoms with van der Waals surface area (Å²) in [6, 6.07) is 6.38. The molecular formula is C29H35N5O7S. The topological polar surface area (TPSA) is 136 Å². The van der Waals surface area contributed by atoms with Crippen molar-refractivity contribution < 1.29 is 32.5 Å². The van der Waals surface area contributed by atoms with Gasteiger partial charge in [0.15, 0.2) is 16.5 Å². The number of carbonyl (C=O) groups is 1. The van der Waals surface area contributed by atoms with Crippen LogP contribution in [0.3, 0.4) is 0 Å². The molecule has 42 heavy (non-hydrogen) atoms. The minimum Gasteiger partial charge on any atom is -0.493 e. The van der Waals surface area contributed by atoms with Crippen LogP contribution in [0.5, 0.6) is 17.4 Å². The maximum atomic E-state index is 13.7. The van der Waals surface area contributed by atoms with Crippen molar-refractivity contribution in [1.29, 1.82) is 0 Å². The molecule has 1 aromatic carbocycles. The number of nitrogens with zero attached hydrogens (tertiary/aromatic N) is 5. The van der Waals surface area contributed by atoms with Crippen molar-refractivity contribution in [2.75, 3.05) is 41.0 Å². The van der Waals surface area contributed by atoms with E-state index in [1.165, 1.54) is 30.1 Å². The van der Waals surface area contributed by atoms with Crippen molar-refractivity contribution in [2.24, 2.45) is 13.0 Å². The van der Waals surface area contributed by atoms with E-state index in [0.29, 0.717) is 22.6 Å². The number of hydrogen-bond acceptors (Lipinski definition) is 9. The van der Waals surface area contributed by atoms with Crippen molar-refractivity contribution in [3.63, 3.8) is 0 Å². The number of methoxy groups -OCH3 is 2. The molecule has 1 amide bonds. The number of likely N-dealkylation sites (N-methyl/N-ethyl adjacent to an activating group) is 1. The summed E-state index contributed by atoms with van der Waals surface area (Å²) in [5.74, 6) is 6.58. The number of fused-ring (bicyclic) bond motifs is 1. The van der Waals surface area contributed by atoms with Crippen molar-refractivity contribution in [3.8, 4) is 29.2 Å². The van der Waals surface area contributed by atoms with E-state index < -0.39 is 22.2 Å². The predicted molar refractivity (Wildman–Crippen MR) is 154 cm³/mol. The molecule has 0 aliphatic carbocycles. The van der Waals surface area contributed by atoms with Crippen LogP contribution in [0, 0.1) is 17.8 Å². The number of ether oxygens (including phenoxy) is 3. The van der Waals surface area contributed by atoms with Crippen LogP contribution in [0.2, 0.25) is 0 Å². The van der Waals surface area contributed by atoms with Crippen LogP contribution in [-0.2, 0) is 17.1 Å². The average Bonchev–Trinajstić information content (AvgIpc) is 3.44. The van der Waals surface area contributed by atoms with Gasteiger partial charge >= 0.3 is 0 Å². The van der Waals surface area contributed by atoms with Gasteiger partial charge in [-0.25, -0.2) is 18.4 Å². The number of hydrogen-bond donors (Lipinski definition) is 1. The fourth-order valence-corrected chi connectivity index (χ4v) is 5.62. The molecule has 0 radical (unpaired) electrons. The lowest BCUT2D eigenvalue weighted by atomic mass is 10.0. The predicted octanol–water partition coefficient (Wildman–Crippen LogP) is 1.77. The molecule has 1 N–H and O–H groups in total. The Morgan fingerprint density at radius 1 is 1.17 bits per heavy atom. The summed E-state index contributed by atoms with van der Waals surface area (Å²) in [6.07, 6.45) is 3.68. The lowest BCUT2D eigenvalue weighted by Gasteiger charge is -2.37. The number of sulfonamides is 1. The van der Waals surface area contributed by atoms with Gasteiger partial charge in [-0.15, -0.1) is 0 Å². The van der Waals surface area contributed by atoms with Gasteiger partial charge in [0.1, 0.15) is 11.7 Å². The fourth-order valence-electron chi connectivity index (χ4n) is 4.48. The molecule has 13 heteroatoms. The van der Waals surface area contributed by atoms with Gasteiger partial charge in [0, 0.05) is 50.1 Å². The molecule has 4 rings (SSSR count). The minimum atomic E-state index is -3.89. The SMILES string of the molecule is COc1ccc(C#Cc2cnc3c(c2)C(=O)N([C@H](C)CO)C[C@H](C)[C@H](CN(C)S(=O)(=O)c2cn(C)cn2)O3)cc1OC. The molecule has 12 nitrogen and oxygen atoms in total. The summed E-state index contributed by atoms with van der Waals surface area (Å²) < 4.78 is 45.9. The van der Waals surface area contributed by atoms with E-state index in [-0.39, 0.29) is 48.0 Å². The van der Waals surface area contributed by atoms with Crippen molar-refractivity contribution in [3.05, 3.63) is 59.7 Å². The van der Waals surface area contributed by atoms with Crippen LogP contribution in [0.1, 0.15) is 35.3 Å². The highest BCUT2D eigenvalue weighted by Crippen LogP contribution is 2.29. The summed E-state index contributed by atoms with van der Waals surface area (Å²) in [7, 11) is 2.35. The van der Waals surface area contributed by atoms with Crippen molar-refractivity contribution in [2.45, 2.75) is 31.0 Å². The van der Waals surface area contributed by atoms with Crippen LogP contribution in [0.25, 0.3) is 0 Å². The van der Waals surface area contributed by atoms with Crippen LogP contribution >= 0.6 is 0 Å². The zero-order valence-corrected chi connectivity index (χ0v) is 25.3. The number of rotatable bonds is 8. The molecule has 0 saturated carbocycles. The molecule has 1 aliphatic heterocycles. The summed E-state index contributed by atoms with van der Waals surface area (Å²) in [5, 5.41) is 9.84. The van der Waals surface area contributed by atoms with Crippen LogP contribution in [0.15, 0.2) is 48.0 Å². The van der Waals surface area contributed by atoms with Gasteiger partial charge in [-0.05, 0) is 31.2 Å². The number of amides is 1. The summed E-state index contributed by atoms with van der Waals surface area (Å²) in [5.41, 5.74) is 1.31. The third-order valence-corrected chi connectivity index (χ3v) is 8.76. The lowest BCUT2D eigenvalue weighted by Crippen LogP contribution is -2.50. The summed E-state index contributed by atoms with van der Waals surface area (Å²) in [4.78, 5) is 23.6. The van der Waals surface area contributed by atoms with Gasteiger partial charge in [0.2, 0.25) is 5.88 Å². The second-order valence-corrected chi connectivity index (χ2v) is 12.2. The first-order valence-electron chi connectivity index (χ1n) is 13.2. The van der Waals surface area contributed by atoms with E-state index in [9.17, 15) is 18.3 Å². The van der Waals surface area contributed by atoms with E-state index in [0.717, 1.165) is 0 Å². The number of pyridine rings is 1. The second kappa shape index (κ2) is 12.8. The van der Waals surface area contributed by atoms with Gasteiger partial charge < -0.3 is 28.8 Å². The first-order valence-corrected chi connectivity index (χ1v) is 14.7. The van der Waals surface area contributed by atoms with Crippen molar-refractivity contribution in [1.82, 2.24) is 23.7 Å². The van der Waals surface area contributed by atoms with Gasteiger partial charge in [0.05, 0.1) is 39.7 Å². The number of aliphatic hydroxyl groups excluding tert-OH is 1. The molecule has 2 aromatic heterocycles. The van der Waals surface area contributed by atoms with Crippen LogP contribution < -0.4 is 14.2 Å². The molecule has 0 fully saturated rings. The monoisotopic (exact) mass is 597 g/mol. The highest BCUT2D eigenvalue weighted by molar-refractivity contribution is 7.89. The van der Waals surface area contributed by atoms with Gasteiger partial charge in [-0.3, -0.25) is 4.79 Å². The third-order valence-electron chi connectivity index (χ3n) is 7.05. The smallest absolute Gasteiger partial charge is 0.261 e. The van der Waals surface area contributed by atoms with Crippen LogP contribution in [-0.4, -0.2) is 96.3 Å². The second-order valence-electron chi connectivity index (χ2n) is 10.2. The highest BCUT2D eigenvalue weighted by atomic mass is 32.2. The largest absolute Gasteiger partial charge is 0.493 e. The van der Waals surface area contributed by atoms with Crippen molar-refractivity contribution >= 4 is 15.9 Å². The Morgan fingerprint density at radius 2 is 1.88 bits per heavy atom. The number of aromatic nitrogens is 3. The number of benzene rings is 1. The Kier molecular flexibility index (Phi) is 9.40. The van der Waals surface area contributed by atoms with E-state index in [4.69, 9.17) is 14.2 Å². The number of carbonyl (C=O) groups excluding carboxylic acids is 1. The van der Waals surface area contributed by atoms with E-state index in [1.807, 2.05) is 6.92 Å². The molecule has 0 saturated heterocycles. The Labute approximate surface area is 245 Å². The maximum Gasteiger partial charge on any atom is 0.261 e. The number of aliphatic hydroxyl groups is 1. The third kappa shape index (κ3) is 6.51. The zero-order valence-electron chi connectivity index (χ0n) is 24.4. The quantitative estimate of drug-likeness (QED) is 0.385. The van der Waals surface area contributed by atoms with E-state index in [1.54, 1.807) is 61.9 Å². The zero-order chi connectivity index (χ0) is 30.6. The van der Waals surface area contributed by atoms with E-state index in [2.05, 4.69) is 21.8 Å². The summed E-state index contributed by atoms with van der Waals surface area (Å²) in [6.45, 7) is 3.57. The first-order chi connectivity index (χ1) is 20.0. The highest BCUT2D eigenvalue weighted by Gasteiger charge is 2.36. The molecule has 0 spiro atoms. The molecule has 1 aliphatic rings. The normalized spacial score (nSPS) is 17.8. The van der Waals surface area contributed by atoms with Gasteiger partial charge in [0.25, 0.3) is 15.9 Å². The Bertz CT molecular complexity index is 1610. The van der Waals surface area contributed by atoms with Gasteiger partial charge in [-0.2, -0.15) is 4.31 Å². The molecule has 0 bridgehead atoms. The molecule has 3 heterocycles. The fraction of sp³-hybridized carbons (Fsp3) is 0.414. The molecule has 3 aromatic rings. The molecule has 224 valence electrons. The van der Waals surface area contributed by atoms with Crippen LogP contribution in [0.4, 0.5) is 0 Å². The lowest BCUT2D eigenvalue weighted by molar-refractivity contribution is 0.0373. The number of aryl methyl sites for hydroxylation is 1. The Hall–Kier alpha value is -4.12. The minimum absolute atomic E-state index is 0.0163. The standard InChI is InChI=1S/C29H35N5O7S/c1-19-14-34(20(2)17-35)29(36)23-11-22(8-7-21-9-10-24(39-5)25(12-21)40-6)13-30-28(23)41-26(19)15-33(4)42(37,38)27-16-32(3)18-31-27/h9-13,16,18-20,26,35H,14-15,17H2,1-6H3/t19-,20+,26-/m0/s1. The van der Waals surface area contributed by atoms with E-state index >= 15 is 0 Å². The Morgan fingerprint density at radius 3 is 2.52 bits per heavy atom.